The predicted molar refractivity (Wildman–Crippen MR) is 91.2 cm³/mol. The largest absolute Gasteiger partial charge is 0.339 e. The van der Waals surface area contributed by atoms with Crippen molar-refractivity contribution in [1.82, 2.24) is 14.7 Å². The highest BCUT2D eigenvalue weighted by Crippen LogP contribution is 2.21. The molecule has 1 aromatic rings. The molecule has 1 atom stereocenters. The maximum atomic E-state index is 13.9. The summed E-state index contributed by atoms with van der Waals surface area (Å²) in [5.74, 6) is -0.362. The van der Waals surface area contributed by atoms with Crippen LogP contribution in [0.25, 0.3) is 0 Å². The van der Waals surface area contributed by atoms with Crippen molar-refractivity contribution in [3.05, 3.63) is 34.6 Å². The fraction of sp³-hybridized carbons (Fsp3) is 0.529. The van der Waals surface area contributed by atoms with E-state index in [1.54, 1.807) is 40.8 Å². The standard InChI is InChI=1S/C17H23ClFN3O2/c1-12(17(24)22-9-7-21(8-10-22)13(2)23)20(3)11-14-15(18)5-4-6-16(14)19/h4-6,12H,7-11H2,1-3H3. The Labute approximate surface area is 147 Å². The topological polar surface area (TPSA) is 43.9 Å². The summed E-state index contributed by atoms with van der Waals surface area (Å²) in [6.07, 6.45) is 0. The number of rotatable bonds is 4. The van der Waals surface area contributed by atoms with Crippen molar-refractivity contribution < 1.29 is 14.0 Å². The molecule has 2 amide bonds. The van der Waals surface area contributed by atoms with Crippen LogP contribution in [0.15, 0.2) is 18.2 Å². The number of likely N-dealkylation sites (N-methyl/N-ethyl adjacent to an activating group) is 1. The highest BCUT2D eigenvalue weighted by atomic mass is 35.5. The van der Waals surface area contributed by atoms with E-state index in [0.717, 1.165) is 0 Å². The summed E-state index contributed by atoms with van der Waals surface area (Å²) in [7, 11) is 1.77. The second-order valence-corrected chi connectivity index (χ2v) is 6.53. The second kappa shape index (κ2) is 7.94. The molecule has 1 saturated heterocycles. The van der Waals surface area contributed by atoms with Crippen LogP contribution in [0, 0.1) is 5.82 Å². The summed E-state index contributed by atoms with van der Waals surface area (Å²) in [5.41, 5.74) is 0.391. The van der Waals surface area contributed by atoms with Gasteiger partial charge in [-0.3, -0.25) is 14.5 Å². The first-order chi connectivity index (χ1) is 11.3. The summed E-state index contributed by atoms with van der Waals surface area (Å²) in [4.78, 5) is 29.2. The number of hydrogen-bond acceptors (Lipinski definition) is 3. The first kappa shape index (κ1) is 18.7. The van der Waals surface area contributed by atoms with Gasteiger partial charge in [0.1, 0.15) is 5.82 Å². The van der Waals surface area contributed by atoms with E-state index in [0.29, 0.717) is 36.8 Å². The number of amides is 2. The number of nitrogens with zero attached hydrogens (tertiary/aromatic N) is 3. The van der Waals surface area contributed by atoms with E-state index in [1.807, 2.05) is 0 Å². The minimum Gasteiger partial charge on any atom is -0.339 e. The fourth-order valence-corrected chi connectivity index (χ4v) is 2.99. The van der Waals surface area contributed by atoms with E-state index < -0.39 is 6.04 Å². The number of hydrogen-bond donors (Lipinski definition) is 0. The molecule has 1 aliphatic heterocycles. The lowest BCUT2D eigenvalue weighted by molar-refractivity contribution is -0.141. The van der Waals surface area contributed by atoms with Gasteiger partial charge in [-0.05, 0) is 26.1 Å². The minimum absolute atomic E-state index is 0.0202. The van der Waals surface area contributed by atoms with Crippen LogP contribution in [-0.4, -0.2) is 65.8 Å². The molecule has 0 N–H and O–H groups in total. The second-order valence-electron chi connectivity index (χ2n) is 6.12. The third-order valence-corrected chi connectivity index (χ3v) is 4.88. The van der Waals surface area contributed by atoms with Crippen molar-refractivity contribution in [2.75, 3.05) is 33.2 Å². The Morgan fingerprint density at radius 3 is 2.38 bits per heavy atom. The fourth-order valence-electron chi connectivity index (χ4n) is 2.76. The molecule has 0 bridgehead atoms. The quantitative estimate of drug-likeness (QED) is 0.829. The smallest absolute Gasteiger partial charge is 0.239 e. The highest BCUT2D eigenvalue weighted by molar-refractivity contribution is 6.31. The van der Waals surface area contributed by atoms with Gasteiger partial charge in [0.25, 0.3) is 0 Å². The summed E-state index contributed by atoms with van der Waals surface area (Å²) in [6.45, 7) is 5.74. The molecule has 7 heteroatoms. The Balaban J connectivity index is 1.97. The zero-order valence-corrected chi connectivity index (χ0v) is 15.0. The maximum absolute atomic E-state index is 13.9. The molecule has 132 valence electrons. The molecule has 1 heterocycles. The van der Waals surface area contributed by atoms with Crippen LogP contribution in [-0.2, 0) is 16.1 Å². The van der Waals surface area contributed by atoms with Crippen LogP contribution in [0.1, 0.15) is 19.4 Å². The SMILES string of the molecule is CC(=O)N1CCN(C(=O)C(C)N(C)Cc2c(F)cccc2Cl)CC1. The Hall–Kier alpha value is -1.66. The molecule has 1 fully saturated rings. The van der Waals surface area contributed by atoms with Gasteiger partial charge in [-0.1, -0.05) is 17.7 Å². The molecule has 1 unspecified atom stereocenters. The molecule has 1 aromatic carbocycles. The Kier molecular flexibility index (Phi) is 6.18. The molecule has 0 saturated carbocycles. The molecular weight excluding hydrogens is 333 g/mol. The van der Waals surface area contributed by atoms with Gasteiger partial charge in [-0.15, -0.1) is 0 Å². The number of piperazine rings is 1. The van der Waals surface area contributed by atoms with E-state index in [9.17, 15) is 14.0 Å². The summed E-state index contributed by atoms with van der Waals surface area (Å²) < 4.78 is 13.9. The van der Waals surface area contributed by atoms with E-state index in [2.05, 4.69) is 0 Å². The number of benzene rings is 1. The lowest BCUT2D eigenvalue weighted by Gasteiger charge is -2.37. The Morgan fingerprint density at radius 1 is 1.25 bits per heavy atom. The van der Waals surface area contributed by atoms with E-state index in [4.69, 9.17) is 11.6 Å². The summed E-state index contributed by atoms with van der Waals surface area (Å²) in [6, 6.07) is 4.16. The van der Waals surface area contributed by atoms with Crippen molar-refractivity contribution in [3.63, 3.8) is 0 Å². The Bertz CT molecular complexity index is 598. The Morgan fingerprint density at radius 2 is 1.83 bits per heavy atom. The molecule has 1 aliphatic rings. The van der Waals surface area contributed by atoms with Crippen LogP contribution >= 0.6 is 11.6 Å². The van der Waals surface area contributed by atoms with Gasteiger partial charge in [0.05, 0.1) is 6.04 Å². The van der Waals surface area contributed by atoms with E-state index >= 15 is 0 Å². The third-order valence-electron chi connectivity index (χ3n) is 4.52. The molecular formula is C17H23ClFN3O2. The van der Waals surface area contributed by atoms with Gasteiger partial charge in [0, 0.05) is 50.2 Å². The first-order valence-electron chi connectivity index (χ1n) is 7.98. The summed E-state index contributed by atoms with van der Waals surface area (Å²) in [5, 5.41) is 0.358. The predicted octanol–water partition coefficient (Wildman–Crippen LogP) is 1.99. The normalized spacial score (nSPS) is 16.4. The van der Waals surface area contributed by atoms with Crippen LogP contribution in [0.2, 0.25) is 5.02 Å². The number of carbonyl (C=O) groups is 2. The van der Waals surface area contributed by atoms with Gasteiger partial charge in [-0.25, -0.2) is 4.39 Å². The van der Waals surface area contributed by atoms with Crippen molar-refractivity contribution in [1.29, 1.82) is 0 Å². The monoisotopic (exact) mass is 355 g/mol. The minimum atomic E-state index is -0.399. The zero-order chi connectivity index (χ0) is 17.9. The highest BCUT2D eigenvalue weighted by Gasteiger charge is 2.28. The lowest BCUT2D eigenvalue weighted by Crippen LogP contribution is -2.54. The lowest BCUT2D eigenvalue weighted by atomic mass is 10.1. The van der Waals surface area contributed by atoms with Gasteiger partial charge in [-0.2, -0.15) is 0 Å². The van der Waals surface area contributed by atoms with E-state index in [-0.39, 0.29) is 24.2 Å². The third kappa shape index (κ3) is 4.24. The maximum Gasteiger partial charge on any atom is 0.239 e. The molecule has 0 radical (unpaired) electrons. The molecule has 2 rings (SSSR count). The molecule has 0 aromatic heterocycles. The zero-order valence-electron chi connectivity index (χ0n) is 14.3. The van der Waals surface area contributed by atoms with Crippen molar-refractivity contribution in [2.45, 2.75) is 26.4 Å². The van der Waals surface area contributed by atoms with Crippen molar-refractivity contribution in [3.8, 4) is 0 Å². The molecule has 0 spiro atoms. The van der Waals surface area contributed by atoms with Gasteiger partial charge >= 0.3 is 0 Å². The van der Waals surface area contributed by atoms with Gasteiger partial charge in [0.15, 0.2) is 0 Å². The number of carbonyl (C=O) groups excluding carboxylic acids is 2. The molecule has 24 heavy (non-hydrogen) atoms. The molecule has 0 aliphatic carbocycles. The van der Waals surface area contributed by atoms with Crippen LogP contribution in [0.4, 0.5) is 4.39 Å². The van der Waals surface area contributed by atoms with Crippen LogP contribution in [0.3, 0.4) is 0 Å². The summed E-state index contributed by atoms with van der Waals surface area (Å²) >= 11 is 6.05. The van der Waals surface area contributed by atoms with Crippen LogP contribution in [0.5, 0.6) is 0 Å². The average molecular weight is 356 g/mol. The van der Waals surface area contributed by atoms with Gasteiger partial charge < -0.3 is 9.80 Å². The average Bonchev–Trinajstić information content (AvgIpc) is 2.56. The molecule has 5 nitrogen and oxygen atoms in total. The van der Waals surface area contributed by atoms with Crippen molar-refractivity contribution >= 4 is 23.4 Å². The number of halogens is 2. The van der Waals surface area contributed by atoms with Crippen LogP contribution < -0.4 is 0 Å². The van der Waals surface area contributed by atoms with Gasteiger partial charge in [0.2, 0.25) is 11.8 Å². The van der Waals surface area contributed by atoms with E-state index in [1.165, 1.54) is 13.0 Å². The van der Waals surface area contributed by atoms with Crippen molar-refractivity contribution in [2.24, 2.45) is 0 Å². The first-order valence-corrected chi connectivity index (χ1v) is 8.36.